The third-order valence-corrected chi connectivity index (χ3v) is 15.1. The molecule has 0 aromatic rings. The first kappa shape index (κ1) is 26.0. The monoisotopic (exact) mass is 419 g/mol. The minimum atomic E-state index is -2.05. The lowest BCUT2D eigenvalue weighted by molar-refractivity contribution is -0.139. The van der Waals surface area contributed by atoms with Crippen LogP contribution >= 0.6 is 0 Å². The molecule has 0 aromatic carbocycles. The number of carbonyl (C=O) groups is 1. The van der Waals surface area contributed by atoms with Gasteiger partial charge in [-0.15, -0.1) is 0 Å². The van der Waals surface area contributed by atoms with Crippen molar-refractivity contribution in [3.05, 3.63) is 0 Å². The summed E-state index contributed by atoms with van der Waals surface area (Å²) in [5.74, 6) is -0.102. The number of nitrogens with zero attached hydrogens (tertiary/aromatic N) is 1. The van der Waals surface area contributed by atoms with Crippen LogP contribution in [0.2, 0.25) is 56.9 Å². The molecule has 1 unspecified atom stereocenters. The first-order valence-electron chi connectivity index (χ1n) is 9.96. The first-order valence-corrected chi connectivity index (χ1v) is 19.4. The average molecular weight is 420 g/mol. The van der Waals surface area contributed by atoms with Crippen LogP contribution in [0.4, 0.5) is 0 Å². The molecule has 0 aliphatic carbocycles. The minimum absolute atomic E-state index is 0.0218. The van der Waals surface area contributed by atoms with E-state index in [4.69, 9.17) is 8.85 Å². The van der Waals surface area contributed by atoms with E-state index < -0.39 is 24.9 Å². The maximum atomic E-state index is 12.7. The van der Waals surface area contributed by atoms with Crippen LogP contribution in [0.5, 0.6) is 0 Å². The van der Waals surface area contributed by atoms with Crippen molar-refractivity contribution in [2.24, 2.45) is 5.92 Å². The topological polar surface area (TPSA) is 38.8 Å². The normalized spacial score (nSPS) is 15.3. The maximum Gasteiger partial charge on any atom is 0.296 e. The molecule has 0 bridgehead atoms. The van der Waals surface area contributed by atoms with Crippen molar-refractivity contribution in [2.45, 2.75) is 91.0 Å². The number of hydrogen-bond donors (Lipinski definition) is 0. The Hall–Kier alpha value is 0.0406. The predicted molar refractivity (Wildman–Crippen MR) is 121 cm³/mol. The van der Waals surface area contributed by atoms with Crippen molar-refractivity contribution in [1.82, 2.24) is 4.57 Å². The molecule has 0 aliphatic heterocycles. The Morgan fingerprint density at radius 3 is 1.92 bits per heavy atom. The van der Waals surface area contributed by atoms with Crippen molar-refractivity contribution in [3.8, 4) is 0 Å². The molecule has 0 amide bonds. The lowest BCUT2D eigenvalue weighted by atomic mass is 10.2. The zero-order valence-electron chi connectivity index (χ0n) is 19.6. The van der Waals surface area contributed by atoms with Gasteiger partial charge in [0.15, 0.2) is 8.32 Å². The second-order valence-corrected chi connectivity index (χ2v) is 24.9. The molecular formula is C19H45NO3Si3. The summed E-state index contributed by atoms with van der Waals surface area (Å²) in [6.45, 7) is 26.3. The summed E-state index contributed by atoms with van der Waals surface area (Å²) in [7, 11) is -3.22. The van der Waals surface area contributed by atoms with Crippen LogP contribution in [-0.2, 0) is 13.6 Å². The Morgan fingerprint density at radius 2 is 1.54 bits per heavy atom. The zero-order chi connectivity index (χ0) is 21.0. The van der Waals surface area contributed by atoms with Gasteiger partial charge in [0.2, 0.25) is 0 Å². The molecule has 1 atom stereocenters. The molecule has 4 nitrogen and oxygen atoms in total. The van der Waals surface area contributed by atoms with Gasteiger partial charge in [0.25, 0.3) is 14.3 Å². The molecule has 0 saturated carbocycles. The largest absolute Gasteiger partial charge is 0.519 e. The van der Waals surface area contributed by atoms with Gasteiger partial charge in [-0.3, -0.25) is 4.79 Å². The summed E-state index contributed by atoms with van der Waals surface area (Å²) in [4.78, 5) is 12.7. The Bertz CT molecular complexity index is 454. The van der Waals surface area contributed by atoms with Crippen molar-refractivity contribution < 1.29 is 13.6 Å². The fraction of sp³-hybridized carbons (Fsp3) is 0.947. The van der Waals surface area contributed by atoms with Crippen LogP contribution in [0.1, 0.15) is 34.1 Å². The van der Waals surface area contributed by atoms with Crippen molar-refractivity contribution >= 4 is 30.8 Å². The van der Waals surface area contributed by atoms with Gasteiger partial charge in [-0.1, -0.05) is 47.3 Å². The third kappa shape index (κ3) is 8.82. The first-order chi connectivity index (χ1) is 11.4. The highest BCUT2D eigenvalue weighted by molar-refractivity contribution is 6.75. The van der Waals surface area contributed by atoms with Gasteiger partial charge < -0.3 is 13.4 Å². The molecule has 0 N–H and O–H groups in total. The summed E-state index contributed by atoms with van der Waals surface area (Å²) in [6.07, 6.45) is 1.14. The molecule has 0 aliphatic rings. The van der Waals surface area contributed by atoms with Gasteiger partial charge in [0.05, 0.1) is 5.92 Å². The van der Waals surface area contributed by atoms with E-state index in [9.17, 15) is 4.79 Å². The second-order valence-electron chi connectivity index (χ2n) is 10.8. The number of carbonyl (C=O) groups excluding carboxylic acids is 1. The van der Waals surface area contributed by atoms with E-state index in [1.54, 1.807) is 0 Å². The number of rotatable bonds is 10. The molecule has 0 spiro atoms. The van der Waals surface area contributed by atoms with Crippen LogP contribution in [0.15, 0.2) is 0 Å². The van der Waals surface area contributed by atoms with Crippen LogP contribution < -0.4 is 0 Å². The van der Waals surface area contributed by atoms with Crippen LogP contribution in [0, 0.1) is 5.92 Å². The molecule has 0 heterocycles. The highest BCUT2D eigenvalue weighted by atomic mass is 28.4. The lowest BCUT2D eigenvalue weighted by Crippen LogP contribution is -2.51. The van der Waals surface area contributed by atoms with Crippen LogP contribution in [-0.4, -0.2) is 55.6 Å². The Kier molecular flexibility index (Phi) is 9.51. The Morgan fingerprint density at radius 1 is 1.04 bits per heavy atom. The molecule has 0 aromatic heterocycles. The van der Waals surface area contributed by atoms with Gasteiger partial charge in [0, 0.05) is 13.7 Å². The van der Waals surface area contributed by atoms with E-state index in [0.29, 0.717) is 0 Å². The standard InChI is InChI=1S/C19H45NO3Si3/c1-17(18(21)23-26(11,12)19(2,3)4)16-20(24(6,7)8)14-13-15-25(9,10)22-5/h17H,13-16H2,1-12H3. The quantitative estimate of drug-likeness (QED) is 0.435. The van der Waals surface area contributed by atoms with E-state index in [1.807, 2.05) is 14.0 Å². The van der Waals surface area contributed by atoms with Gasteiger partial charge in [-0.2, -0.15) is 0 Å². The van der Waals surface area contributed by atoms with Crippen LogP contribution in [0.25, 0.3) is 0 Å². The predicted octanol–water partition coefficient (Wildman–Crippen LogP) is 5.55. The van der Waals surface area contributed by atoms with Gasteiger partial charge in [0.1, 0.15) is 8.24 Å². The molecule has 156 valence electrons. The van der Waals surface area contributed by atoms with E-state index >= 15 is 0 Å². The second kappa shape index (κ2) is 9.50. The fourth-order valence-corrected chi connectivity index (χ4v) is 6.28. The summed E-state index contributed by atoms with van der Waals surface area (Å²) >= 11 is 0. The van der Waals surface area contributed by atoms with Crippen molar-refractivity contribution in [3.63, 3.8) is 0 Å². The molecule has 26 heavy (non-hydrogen) atoms. The lowest BCUT2D eigenvalue weighted by Gasteiger charge is -2.39. The highest BCUT2D eigenvalue weighted by Gasteiger charge is 2.41. The third-order valence-electron chi connectivity index (χ3n) is 5.77. The van der Waals surface area contributed by atoms with E-state index in [-0.39, 0.29) is 16.9 Å². The van der Waals surface area contributed by atoms with Gasteiger partial charge in [-0.05, 0) is 50.2 Å². The summed E-state index contributed by atoms with van der Waals surface area (Å²) in [6, 6.07) is 1.16. The summed E-state index contributed by atoms with van der Waals surface area (Å²) < 4.78 is 14.3. The van der Waals surface area contributed by atoms with Gasteiger partial charge >= 0.3 is 0 Å². The Balaban J connectivity index is 4.89. The van der Waals surface area contributed by atoms with E-state index in [1.165, 1.54) is 0 Å². The van der Waals surface area contributed by atoms with Crippen molar-refractivity contribution in [2.75, 3.05) is 20.2 Å². The van der Waals surface area contributed by atoms with E-state index in [0.717, 1.165) is 25.6 Å². The molecule has 0 rings (SSSR count). The van der Waals surface area contributed by atoms with Gasteiger partial charge in [-0.25, -0.2) is 0 Å². The zero-order valence-corrected chi connectivity index (χ0v) is 22.6. The SMILES string of the molecule is CO[Si](C)(C)CCCN(CC(C)C(=O)O[Si](C)(C)C(C)(C)C)[Si](C)(C)C. The molecule has 0 saturated heterocycles. The van der Waals surface area contributed by atoms with Crippen molar-refractivity contribution in [1.29, 1.82) is 0 Å². The molecule has 0 fully saturated rings. The molecular weight excluding hydrogens is 374 g/mol. The highest BCUT2D eigenvalue weighted by Crippen LogP contribution is 2.37. The fourth-order valence-electron chi connectivity index (χ4n) is 2.41. The average Bonchev–Trinajstić information content (AvgIpc) is 2.43. The minimum Gasteiger partial charge on any atom is -0.519 e. The molecule has 0 radical (unpaired) electrons. The summed E-state index contributed by atoms with van der Waals surface area (Å²) in [5.41, 5.74) is 0. The molecule has 7 heteroatoms. The van der Waals surface area contributed by atoms with E-state index in [2.05, 4.69) is 71.2 Å². The smallest absolute Gasteiger partial charge is 0.296 e. The maximum absolute atomic E-state index is 12.7. The number of hydrogen-bond acceptors (Lipinski definition) is 4. The Labute approximate surface area is 166 Å². The summed E-state index contributed by atoms with van der Waals surface area (Å²) in [5, 5.41) is 0.0528. The van der Waals surface area contributed by atoms with Crippen LogP contribution in [0.3, 0.4) is 0 Å².